The Labute approximate surface area is 465 Å². The molecule has 0 radical (unpaired) electrons. The van der Waals surface area contributed by atoms with E-state index in [0.717, 1.165) is 41.8 Å². The summed E-state index contributed by atoms with van der Waals surface area (Å²) in [5.74, 6) is -0.960. The highest BCUT2D eigenvalue weighted by atomic mass is 32.2. The van der Waals surface area contributed by atoms with Crippen molar-refractivity contribution in [2.75, 3.05) is 129 Å². The van der Waals surface area contributed by atoms with Crippen molar-refractivity contribution >= 4 is 66.0 Å². The lowest BCUT2D eigenvalue weighted by molar-refractivity contribution is -0.137. The predicted molar refractivity (Wildman–Crippen MR) is 301 cm³/mol. The number of hydrogen-bond donors (Lipinski definition) is 2. The maximum absolute atomic E-state index is 13.1. The number of ether oxygens (including phenoxy) is 4. The molecule has 2 aromatic rings. The first kappa shape index (κ1) is 65.7. The molecule has 4 rings (SSSR count). The molecule has 2 heterocycles. The fourth-order valence-electron chi connectivity index (χ4n) is 8.83. The highest BCUT2D eigenvalue weighted by Crippen LogP contribution is 2.51. The minimum atomic E-state index is -4.13. The molecule has 2 N–H and O–H groups in total. The van der Waals surface area contributed by atoms with Crippen molar-refractivity contribution in [1.82, 2.24) is 10.2 Å². The third-order valence-electron chi connectivity index (χ3n) is 13.1. The molecule has 0 spiro atoms. The average Bonchev–Trinajstić information content (AvgIpc) is 3.84. The Morgan fingerprint density at radius 1 is 0.808 bits per heavy atom. The van der Waals surface area contributed by atoms with Crippen molar-refractivity contribution < 1.29 is 72.0 Å². The van der Waals surface area contributed by atoms with Crippen LogP contribution in [0.1, 0.15) is 90.2 Å². The van der Waals surface area contributed by atoms with Crippen LogP contribution in [0.2, 0.25) is 0 Å². The third-order valence-corrected chi connectivity index (χ3v) is 16.7. The highest BCUT2D eigenvalue weighted by Gasteiger charge is 2.44. The number of hydrogen-bond acceptors (Lipinski definition) is 18. The second kappa shape index (κ2) is 32.4. The summed E-state index contributed by atoms with van der Waals surface area (Å²) in [6.07, 6.45) is 13.9. The van der Waals surface area contributed by atoms with Crippen LogP contribution >= 0.6 is 0 Å². The zero-order chi connectivity index (χ0) is 57.4. The van der Waals surface area contributed by atoms with Gasteiger partial charge in [-0.25, -0.2) is 4.21 Å². The molecule has 2 unspecified atom stereocenters. The number of amides is 3. The van der Waals surface area contributed by atoms with E-state index in [0.29, 0.717) is 115 Å². The van der Waals surface area contributed by atoms with E-state index < -0.39 is 48.5 Å². The number of unbranched alkanes of at least 4 members (excludes halogenated alkanes) is 2. The number of carbonyl (C=O) groups is 3. The van der Waals surface area contributed by atoms with Crippen LogP contribution in [0.4, 0.5) is 11.4 Å². The van der Waals surface area contributed by atoms with Crippen molar-refractivity contribution in [2.24, 2.45) is 5.41 Å². The number of phenols is 1. The lowest BCUT2D eigenvalue weighted by Gasteiger charge is -2.30. The lowest BCUT2D eigenvalue weighted by atomic mass is 9.77. The molecule has 20 nitrogen and oxygen atoms in total. The smallest absolute Gasteiger partial charge is 0.296 e. The molecule has 23 heteroatoms. The number of carbonyl (C=O) groups excluding carboxylic acids is 3. The van der Waals surface area contributed by atoms with Crippen molar-refractivity contribution in [2.45, 2.75) is 89.4 Å². The number of rotatable bonds is 38. The number of nitrogens with zero attached hydrogens (tertiary/aromatic N) is 3. The van der Waals surface area contributed by atoms with Gasteiger partial charge in [-0.15, -0.1) is 0 Å². The largest absolute Gasteiger partial charge is 0.507 e. The van der Waals surface area contributed by atoms with Crippen molar-refractivity contribution in [3.8, 4) is 5.75 Å². The number of aromatic hydroxyl groups is 1. The second-order valence-electron chi connectivity index (χ2n) is 20.0. The van der Waals surface area contributed by atoms with Crippen LogP contribution in [0, 0.1) is 5.41 Å². The summed E-state index contributed by atoms with van der Waals surface area (Å²) < 4.78 is 100. The molecule has 0 bridgehead atoms. The number of phenolic OH excluding ortho intramolecular Hbond substituents is 1. The Bertz CT molecular complexity index is 2650. The minimum Gasteiger partial charge on any atom is -0.507 e. The number of imide groups is 1. The maximum Gasteiger partial charge on any atom is 0.296 e. The van der Waals surface area contributed by atoms with Gasteiger partial charge in [-0.3, -0.25) is 31.8 Å². The summed E-state index contributed by atoms with van der Waals surface area (Å²) in [5.41, 5.74) is 3.16. The normalized spacial score (nSPS) is 17.0. The van der Waals surface area contributed by atoms with Crippen LogP contribution in [0.15, 0.2) is 83.4 Å². The van der Waals surface area contributed by atoms with Gasteiger partial charge in [0.15, 0.2) is 11.1 Å². The molecular weight excluding hydrogens is 1070 g/mol. The standard InChI is InChI=1S/C55H82N4O16S3/c1-54(2,3)26-24-43(46-20-18-44(41-49(46)60)57(28-14-39-76(64)70-6)31-32-73-35-36-75-38-37-74-34-33-69-5)15-12-16-50-55(4,25-13-40-77(65,66)71-7)47-42-45(78(67,68)72-8)19-21-48(47)58(50)29-11-9-10-17-51(61)56-27-30-59-52(62)22-23-53(59)63/h12,15-16,18-24,41-42,60H,9-11,13-14,17,25-40H2,1-8H3,(H,56,61)/b15-12+,43-24-,50-16-. The zero-order valence-electron chi connectivity index (χ0n) is 46.6. The van der Waals surface area contributed by atoms with Gasteiger partial charge < -0.3 is 39.2 Å². The number of anilines is 2. The molecule has 2 atom stereocenters. The zero-order valence-corrected chi connectivity index (χ0v) is 49.1. The lowest BCUT2D eigenvalue weighted by Crippen LogP contribution is -2.38. The fourth-order valence-corrected chi connectivity index (χ4v) is 10.7. The summed E-state index contributed by atoms with van der Waals surface area (Å²) >= 11 is -1.43. The van der Waals surface area contributed by atoms with Crippen LogP contribution < -0.4 is 15.1 Å². The van der Waals surface area contributed by atoms with E-state index >= 15 is 0 Å². The molecule has 0 aliphatic carbocycles. The molecule has 0 saturated carbocycles. The average molecular weight is 1150 g/mol. The quantitative estimate of drug-likeness (QED) is 0.0323. The minimum absolute atomic E-state index is 0.0335. The second-order valence-corrected chi connectivity index (χ2v) is 24.9. The van der Waals surface area contributed by atoms with Crippen LogP contribution in [0.5, 0.6) is 5.75 Å². The predicted octanol–water partition coefficient (Wildman–Crippen LogP) is 6.33. The summed E-state index contributed by atoms with van der Waals surface area (Å²) in [4.78, 5) is 41.7. The van der Waals surface area contributed by atoms with Crippen molar-refractivity contribution in [3.05, 3.63) is 89.7 Å². The maximum atomic E-state index is 13.1. The van der Waals surface area contributed by atoms with Gasteiger partial charge >= 0.3 is 0 Å². The van der Waals surface area contributed by atoms with Crippen molar-refractivity contribution in [3.63, 3.8) is 0 Å². The first-order valence-corrected chi connectivity index (χ1v) is 30.5. The molecule has 436 valence electrons. The summed E-state index contributed by atoms with van der Waals surface area (Å²) in [6.45, 7) is 13.0. The van der Waals surface area contributed by atoms with Crippen molar-refractivity contribution in [1.29, 1.82) is 0 Å². The summed E-state index contributed by atoms with van der Waals surface area (Å²) in [6, 6.07) is 10.3. The molecule has 0 saturated heterocycles. The van der Waals surface area contributed by atoms with Crippen LogP contribution in [-0.2, 0) is 82.6 Å². The van der Waals surface area contributed by atoms with E-state index in [4.69, 9.17) is 31.5 Å². The Hall–Kier alpha value is -4.82. The number of benzene rings is 2. The molecule has 3 amide bonds. The van der Waals surface area contributed by atoms with Gasteiger partial charge in [-0.05, 0) is 98.4 Å². The monoisotopic (exact) mass is 1150 g/mol. The Kier molecular flexibility index (Phi) is 27.3. The van der Waals surface area contributed by atoms with Gasteiger partial charge in [0.1, 0.15) is 5.75 Å². The molecule has 2 aliphatic heterocycles. The van der Waals surface area contributed by atoms with Gasteiger partial charge in [0.25, 0.3) is 32.1 Å². The third kappa shape index (κ3) is 21.0. The SMILES string of the molecule is COCCOCCOCCOCCN(CCCS(=O)OC)c1ccc(C(=C\CC(C)(C)C)/C=C/C=C2\N(CCCCCC(=O)NCCN3C(=O)C=CC3=O)c3ccc(S(=O)(=O)OC)cc3C2(C)CCCS(=O)(=O)OC)c(O)c1. The number of nitrogens with one attached hydrogen (secondary N) is 1. The van der Waals surface area contributed by atoms with E-state index in [1.54, 1.807) is 25.3 Å². The molecule has 0 aromatic heterocycles. The van der Waals surface area contributed by atoms with Gasteiger partial charge in [-0.2, -0.15) is 16.8 Å². The van der Waals surface area contributed by atoms with Crippen LogP contribution in [0.25, 0.3) is 5.57 Å². The molecule has 2 aromatic carbocycles. The first-order valence-electron chi connectivity index (χ1n) is 26.2. The molecular formula is C55H82N4O16S3. The number of allylic oxidation sites excluding steroid dienone is 6. The van der Waals surface area contributed by atoms with Gasteiger partial charge in [0, 0.05) is 92.5 Å². The highest BCUT2D eigenvalue weighted by molar-refractivity contribution is 7.87. The Morgan fingerprint density at radius 3 is 2.12 bits per heavy atom. The topological polar surface area (TPSA) is 243 Å². The van der Waals surface area contributed by atoms with Crippen LogP contribution in [0.3, 0.4) is 0 Å². The van der Waals surface area contributed by atoms with Gasteiger partial charge in [-0.1, -0.05) is 45.4 Å². The van der Waals surface area contributed by atoms with E-state index in [9.17, 15) is 40.5 Å². The fraction of sp³-hybridized carbons (Fsp3) is 0.582. The van der Waals surface area contributed by atoms with E-state index in [1.807, 2.05) is 37.3 Å². The van der Waals surface area contributed by atoms with E-state index in [1.165, 1.54) is 25.3 Å². The van der Waals surface area contributed by atoms with Gasteiger partial charge in [0.2, 0.25) is 5.91 Å². The van der Waals surface area contributed by atoms with E-state index in [-0.39, 0.29) is 60.1 Å². The molecule has 78 heavy (non-hydrogen) atoms. The summed E-state index contributed by atoms with van der Waals surface area (Å²) in [5, 5.41) is 14.6. The van der Waals surface area contributed by atoms with Gasteiger partial charge in [0.05, 0.1) is 84.0 Å². The Morgan fingerprint density at radius 2 is 1.49 bits per heavy atom. The number of fused-ring (bicyclic) bond motifs is 1. The Balaban J connectivity index is 1.65. The number of methoxy groups -OCH3 is 1. The van der Waals surface area contributed by atoms with E-state index in [2.05, 4.69) is 42.0 Å². The molecule has 0 fully saturated rings. The first-order chi connectivity index (χ1) is 37.1. The summed E-state index contributed by atoms with van der Waals surface area (Å²) in [7, 11) is -2.74. The molecule has 2 aliphatic rings. The van der Waals surface area contributed by atoms with Crippen LogP contribution in [-0.4, -0.2) is 168 Å².